The van der Waals surface area contributed by atoms with E-state index in [9.17, 15) is 9.59 Å². The zero-order valence-corrected chi connectivity index (χ0v) is 15.8. The summed E-state index contributed by atoms with van der Waals surface area (Å²) in [5, 5.41) is 5.46. The van der Waals surface area contributed by atoms with Crippen molar-refractivity contribution in [2.45, 2.75) is 6.92 Å². The molecule has 0 saturated carbocycles. The van der Waals surface area contributed by atoms with Gasteiger partial charge in [0.15, 0.2) is 5.43 Å². The van der Waals surface area contributed by atoms with Crippen molar-refractivity contribution in [3.8, 4) is 11.1 Å². The molecule has 5 aromatic rings. The van der Waals surface area contributed by atoms with E-state index in [1.165, 1.54) is 6.07 Å². The average Bonchev–Trinajstić information content (AvgIpc) is 3.08. The van der Waals surface area contributed by atoms with E-state index in [-0.39, 0.29) is 5.43 Å². The molecule has 2 heterocycles. The second-order valence-electron chi connectivity index (χ2n) is 6.63. The van der Waals surface area contributed by atoms with E-state index in [2.05, 4.69) is 17.4 Å². The van der Waals surface area contributed by atoms with Gasteiger partial charge < -0.3 is 9.73 Å². The molecule has 2 aromatic heterocycles. The van der Waals surface area contributed by atoms with Crippen LogP contribution in [0.15, 0.2) is 69.9 Å². The fraction of sp³-hybridized carbons (Fsp3) is 0.0435. The van der Waals surface area contributed by atoms with Crippen LogP contribution in [0.1, 0.15) is 5.76 Å². The molecule has 28 heavy (non-hydrogen) atoms. The maximum Gasteiger partial charge on any atom is 0.211 e. The Kier molecular flexibility index (Phi) is 3.77. The van der Waals surface area contributed by atoms with E-state index in [0.717, 1.165) is 37.0 Å². The number of rotatable bonds is 3. The van der Waals surface area contributed by atoms with Crippen LogP contribution >= 0.6 is 11.3 Å². The summed E-state index contributed by atoms with van der Waals surface area (Å²) in [7, 11) is 0. The lowest BCUT2D eigenvalue weighted by molar-refractivity contribution is -0.105. The van der Waals surface area contributed by atoms with Gasteiger partial charge in [0, 0.05) is 43.1 Å². The number of fused-ring (bicyclic) bond motifs is 4. The topological polar surface area (TPSA) is 59.3 Å². The number of benzene rings is 3. The number of carbonyl (C=O) groups excluding carboxylic acids is 1. The van der Waals surface area contributed by atoms with Gasteiger partial charge in [0.05, 0.1) is 5.39 Å². The van der Waals surface area contributed by atoms with Crippen LogP contribution in [0.5, 0.6) is 0 Å². The summed E-state index contributed by atoms with van der Waals surface area (Å²) in [6, 6.07) is 19.1. The SMILES string of the molecule is Cc1cc(=O)c2cccc(-c3ccc(NC=O)c4c3sc3ccccc34)c2o1. The lowest BCUT2D eigenvalue weighted by Crippen LogP contribution is -2.01. The van der Waals surface area contributed by atoms with Crippen LogP contribution in [0.4, 0.5) is 5.69 Å². The molecule has 0 aliphatic heterocycles. The lowest BCUT2D eigenvalue weighted by atomic mass is 9.99. The molecule has 0 radical (unpaired) electrons. The minimum Gasteiger partial charge on any atom is -0.460 e. The molecule has 136 valence electrons. The third-order valence-electron chi connectivity index (χ3n) is 4.91. The molecule has 1 N–H and O–H groups in total. The lowest BCUT2D eigenvalue weighted by Gasteiger charge is -2.10. The van der Waals surface area contributed by atoms with Crippen molar-refractivity contribution >= 4 is 54.6 Å². The smallest absolute Gasteiger partial charge is 0.211 e. The molecule has 0 atom stereocenters. The minimum atomic E-state index is -0.0487. The van der Waals surface area contributed by atoms with E-state index in [0.29, 0.717) is 23.1 Å². The number of aryl methyl sites for hydroxylation is 1. The van der Waals surface area contributed by atoms with Crippen molar-refractivity contribution in [1.82, 2.24) is 0 Å². The molecule has 0 aliphatic carbocycles. The summed E-state index contributed by atoms with van der Waals surface area (Å²) >= 11 is 1.66. The van der Waals surface area contributed by atoms with Crippen molar-refractivity contribution in [3.63, 3.8) is 0 Å². The highest BCUT2D eigenvalue weighted by atomic mass is 32.1. The van der Waals surface area contributed by atoms with Crippen molar-refractivity contribution in [2.75, 3.05) is 5.32 Å². The molecular formula is C23H15NO3S. The highest BCUT2D eigenvalue weighted by Gasteiger charge is 2.17. The van der Waals surface area contributed by atoms with Crippen LogP contribution in [-0.4, -0.2) is 6.41 Å². The number of amides is 1. The van der Waals surface area contributed by atoms with Gasteiger partial charge >= 0.3 is 0 Å². The highest BCUT2D eigenvalue weighted by molar-refractivity contribution is 7.26. The Balaban J connectivity index is 1.94. The van der Waals surface area contributed by atoms with Gasteiger partial charge in [-0.2, -0.15) is 0 Å². The number of carbonyl (C=O) groups is 1. The monoisotopic (exact) mass is 385 g/mol. The Morgan fingerprint density at radius 1 is 0.964 bits per heavy atom. The maximum atomic E-state index is 12.4. The first-order valence-electron chi connectivity index (χ1n) is 8.85. The summed E-state index contributed by atoms with van der Waals surface area (Å²) in [6.45, 7) is 1.78. The molecular weight excluding hydrogens is 370 g/mol. The van der Waals surface area contributed by atoms with E-state index >= 15 is 0 Å². The Morgan fingerprint density at radius 2 is 1.79 bits per heavy atom. The van der Waals surface area contributed by atoms with Gasteiger partial charge in [0.2, 0.25) is 6.41 Å². The largest absolute Gasteiger partial charge is 0.460 e. The number of hydrogen-bond acceptors (Lipinski definition) is 4. The molecule has 1 amide bonds. The Morgan fingerprint density at radius 3 is 2.64 bits per heavy atom. The van der Waals surface area contributed by atoms with E-state index in [4.69, 9.17) is 4.42 Å². The second-order valence-corrected chi connectivity index (χ2v) is 7.68. The van der Waals surface area contributed by atoms with Crippen molar-refractivity contribution < 1.29 is 9.21 Å². The molecule has 0 spiro atoms. The summed E-state index contributed by atoms with van der Waals surface area (Å²) < 4.78 is 8.14. The quantitative estimate of drug-likeness (QED) is 0.405. The fourth-order valence-electron chi connectivity index (χ4n) is 3.73. The minimum absolute atomic E-state index is 0.0487. The Labute approximate surface area is 164 Å². The molecule has 4 nitrogen and oxygen atoms in total. The van der Waals surface area contributed by atoms with Gasteiger partial charge in [0.1, 0.15) is 11.3 Å². The van der Waals surface area contributed by atoms with Crippen LogP contribution in [0, 0.1) is 6.92 Å². The number of nitrogens with one attached hydrogen (secondary N) is 1. The molecule has 0 bridgehead atoms. The maximum absolute atomic E-state index is 12.4. The summed E-state index contributed by atoms with van der Waals surface area (Å²) in [4.78, 5) is 23.5. The first kappa shape index (κ1) is 16.7. The van der Waals surface area contributed by atoms with Gasteiger partial charge in [-0.15, -0.1) is 11.3 Å². The zero-order valence-electron chi connectivity index (χ0n) is 15.0. The van der Waals surface area contributed by atoms with Crippen molar-refractivity contribution in [2.24, 2.45) is 0 Å². The number of para-hydroxylation sites is 1. The predicted octanol–water partition coefficient (Wildman–Crippen LogP) is 5.70. The number of hydrogen-bond donors (Lipinski definition) is 1. The molecule has 0 fully saturated rings. The fourth-order valence-corrected chi connectivity index (χ4v) is 4.99. The van der Waals surface area contributed by atoms with Crippen LogP contribution in [0.25, 0.3) is 42.3 Å². The van der Waals surface area contributed by atoms with E-state index < -0.39 is 0 Å². The molecule has 0 saturated heterocycles. The highest BCUT2D eigenvalue weighted by Crippen LogP contribution is 2.44. The third-order valence-corrected chi connectivity index (χ3v) is 6.11. The first-order valence-corrected chi connectivity index (χ1v) is 9.67. The van der Waals surface area contributed by atoms with E-state index in [1.54, 1.807) is 24.3 Å². The number of thiophene rings is 1. The molecule has 5 rings (SSSR count). The molecule has 3 aromatic carbocycles. The van der Waals surface area contributed by atoms with Gasteiger partial charge in [-0.3, -0.25) is 9.59 Å². The van der Waals surface area contributed by atoms with Crippen molar-refractivity contribution in [1.29, 1.82) is 0 Å². The van der Waals surface area contributed by atoms with Gasteiger partial charge in [-0.1, -0.05) is 36.4 Å². The molecule has 0 unspecified atom stereocenters. The van der Waals surface area contributed by atoms with E-state index in [1.807, 2.05) is 36.4 Å². The van der Waals surface area contributed by atoms with Crippen molar-refractivity contribution in [3.05, 3.63) is 76.6 Å². The molecule has 5 heteroatoms. The summed E-state index contributed by atoms with van der Waals surface area (Å²) in [5.41, 5.74) is 3.15. The first-order chi connectivity index (χ1) is 13.7. The molecule has 0 aliphatic rings. The van der Waals surface area contributed by atoms with Gasteiger partial charge in [0.25, 0.3) is 0 Å². The van der Waals surface area contributed by atoms with Gasteiger partial charge in [-0.25, -0.2) is 0 Å². The second kappa shape index (κ2) is 6.32. The normalized spacial score (nSPS) is 11.3. The third kappa shape index (κ3) is 2.44. The predicted molar refractivity (Wildman–Crippen MR) is 115 cm³/mol. The average molecular weight is 385 g/mol. The Bertz CT molecular complexity index is 1450. The zero-order chi connectivity index (χ0) is 19.3. The summed E-state index contributed by atoms with van der Waals surface area (Å²) in [6.07, 6.45) is 0.696. The van der Waals surface area contributed by atoms with Crippen LogP contribution in [0.3, 0.4) is 0 Å². The van der Waals surface area contributed by atoms with Crippen LogP contribution in [-0.2, 0) is 4.79 Å². The van der Waals surface area contributed by atoms with Crippen LogP contribution < -0.4 is 10.7 Å². The Hall–Kier alpha value is -3.44. The van der Waals surface area contributed by atoms with Crippen LogP contribution in [0.2, 0.25) is 0 Å². The standard InChI is InChI=1S/C23H15NO3S/c1-13-11-19(26)16-7-4-6-14(22(16)27-13)15-9-10-18(24-12-25)21-17-5-2-3-8-20(17)28-23(15)21/h2-12H,1H3,(H,24,25). The summed E-state index contributed by atoms with van der Waals surface area (Å²) in [5.74, 6) is 0.580. The van der Waals surface area contributed by atoms with Gasteiger partial charge in [-0.05, 0) is 25.1 Å². The number of anilines is 1.